The van der Waals surface area contributed by atoms with Gasteiger partial charge in [-0.25, -0.2) is 0 Å². The number of allylic oxidation sites excluding steroid dienone is 1. The van der Waals surface area contributed by atoms with Crippen molar-refractivity contribution in [2.75, 3.05) is 0 Å². The fraction of sp³-hybridized carbons (Fsp3) is 0.357. The third-order valence-corrected chi connectivity index (χ3v) is 2.42. The van der Waals surface area contributed by atoms with Crippen molar-refractivity contribution >= 4 is 12.4 Å². The number of aldehydes is 1. The molecule has 0 radical (unpaired) electrons. The molecular weight excluding hydrogens is 184 g/mol. The van der Waals surface area contributed by atoms with E-state index in [9.17, 15) is 4.79 Å². The van der Waals surface area contributed by atoms with Gasteiger partial charge < -0.3 is 0 Å². The molecule has 1 nitrogen and oxygen atoms in total. The Morgan fingerprint density at radius 1 is 1.13 bits per heavy atom. The Balaban J connectivity index is 2.48. The minimum atomic E-state index is 0.801. The summed E-state index contributed by atoms with van der Waals surface area (Å²) in [6.07, 6.45) is 9.13. The highest BCUT2D eigenvalue weighted by Gasteiger charge is 1.92. The van der Waals surface area contributed by atoms with E-state index in [0.29, 0.717) is 0 Å². The van der Waals surface area contributed by atoms with Gasteiger partial charge in [0.1, 0.15) is 6.29 Å². The first-order chi connectivity index (χ1) is 7.36. The van der Waals surface area contributed by atoms with Crippen molar-refractivity contribution < 1.29 is 4.79 Å². The molecule has 0 aliphatic heterocycles. The molecule has 1 heteroatoms. The number of rotatable bonds is 6. The largest absolute Gasteiger partial charge is 0.299 e. The van der Waals surface area contributed by atoms with Gasteiger partial charge in [-0.05, 0) is 30.0 Å². The fourth-order valence-electron chi connectivity index (χ4n) is 1.52. The van der Waals surface area contributed by atoms with Crippen LogP contribution in [0.25, 0.3) is 6.08 Å². The maximum absolute atomic E-state index is 10.1. The van der Waals surface area contributed by atoms with Crippen LogP contribution in [-0.4, -0.2) is 6.29 Å². The number of hydrogen-bond acceptors (Lipinski definition) is 1. The van der Waals surface area contributed by atoms with Crippen LogP contribution >= 0.6 is 0 Å². The van der Waals surface area contributed by atoms with Gasteiger partial charge in [-0.1, -0.05) is 50.1 Å². The number of aryl methyl sites for hydroxylation is 1. The number of hydrogen-bond donors (Lipinski definition) is 0. The van der Waals surface area contributed by atoms with Crippen LogP contribution < -0.4 is 0 Å². The van der Waals surface area contributed by atoms with Gasteiger partial charge in [0.15, 0.2) is 0 Å². The lowest BCUT2D eigenvalue weighted by Crippen LogP contribution is -1.85. The van der Waals surface area contributed by atoms with Crippen molar-refractivity contribution in [3.8, 4) is 0 Å². The highest BCUT2D eigenvalue weighted by atomic mass is 16.1. The standard InChI is InChI=1S/C14H18O/c1-2-3-4-6-13-8-10-14(11-9-13)7-5-12-15/h5,7-12H,2-4,6H2,1H3. The molecule has 1 aromatic rings. The molecule has 0 heterocycles. The van der Waals surface area contributed by atoms with Crippen molar-refractivity contribution in [1.82, 2.24) is 0 Å². The quantitative estimate of drug-likeness (QED) is 0.391. The Hall–Kier alpha value is -1.37. The zero-order chi connectivity index (χ0) is 10.9. The fourth-order valence-corrected chi connectivity index (χ4v) is 1.52. The predicted molar refractivity (Wildman–Crippen MR) is 64.8 cm³/mol. The maximum Gasteiger partial charge on any atom is 0.142 e. The summed E-state index contributed by atoms with van der Waals surface area (Å²) in [7, 11) is 0. The van der Waals surface area contributed by atoms with Crippen LogP contribution in [0.5, 0.6) is 0 Å². The molecule has 0 saturated heterocycles. The van der Waals surface area contributed by atoms with E-state index < -0.39 is 0 Å². The van der Waals surface area contributed by atoms with Crippen LogP contribution in [0, 0.1) is 0 Å². The molecule has 80 valence electrons. The average molecular weight is 202 g/mol. The van der Waals surface area contributed by atoms with E-state index in [1.807, 2.05) is 6.08 Å². The van der Waals surface area contributed by atoms with Crippen LogP contribution in [0.15, 0.2) is 30.3 Å². The van der Waals surface area contributed by atoms with Crippen LogP contribution in [0.3, 0.4) is 0 Å². The summed E-state index contributed by atoms with van der Waals surface area (Å²) < 4.78 is 0. The normalized spacial score (nSPS) is 10.7. The van der Waals surface area contributed by atoms with Crippen molar-refractivity contribution in [3.63, 3.8) is 0 Å². The van der Waals surface area contributed by atoms with E-state index in [1.54, 1.807) is 0 Å². The summed E-state index contributed by atoms with van der Waals surface area (Å²) in [5.74, 6) is 0. The molecular formula is C14H18O. The molecule has 0 aromatic heterocycles. The van der Waals surface area contributed by atoms with Gasteiger partial charge in [-0.15, -0.1) is 0 Å². The Morgan fingerprint density at radius 3 is 2.47 bits per heavy atom. The Bertz CT molecular complexity index is 309. The lowest BCUT2D eigenvalue weighted by atomic mass is 10.1. The summed E-state index contributed by atoms with van der Waals surface area (Å²) in [6.45, 7) is 2.22. The molecule has 0 aliphatic rings. The van der Waals surface area contributed by atoms with Gasteiger partial charge in [0.2, 0.25) is 0 Å². The third kappa shape index (κ3) is 4.59. The van der Waals surface area contributed by atoms with Crippen LogP contribution in [-0.2, 0) is 11.2 Å². The number of carbonyl (C=O) groups is 1. The van der Waals surface area contributed by atoms with E-state index in [1.165, 1.54) is 30.9 Å². The second kappa shape index (κ2) is 6.99. The Labute approximate surface area is 91.8 Å². The second-order valence-corrected chi connectivity index (χ2v) is 3.69. The summed E-state index contributed by atoms with van der Waals surface area (Å²) in [4.78, 5) is 10.1. The first-order valence-corrected chi connectivity index (χ1v) is 5.57. The van der Waals surface area contributed by atoms with Gasteiger partial charge in [0, 0.05) is 0 Å². The number of unbranched alkanes of at least 4 members (excludes halogenated alkanes) is 2. The molecule has 0 atom stereocenters. The molecule has 0 N–H and O–H groups in total. The predicted octanol–water partition coefficient (Wildman–Crippen LogP) is 3.63. The first kappa shape index (κ1) is 11.7. The first-order valence-electron chi connectivity index (χ1n) is 5.57. The molecule has 0 fully saturated rings. The smallest absolute Gasteiger partial charge is 0.142 e. The monoisotopic (exact) mass is 202 g/mol. The zero-order valence-corrected chi connectivity index (χ0v) is 9.28. The molecule has 0 amide bonds. The van der Waals surface area contributed by atoms with Gasteiger partial charge in [0.05, 0.1) is 0 Å². The molecule has 1 aromatic carbocycles. The van der Waals surface area contributed by atoms with E-state index in [2.05, 4.69) is 31.2 Å². The van der Waals surface area contributed by atoms with Crippen molar-refractivity contribution in [3.05, 3.63) is 41.5 Å². The van der Waals surface area contributed by atoms with Gasteiger partial charge >= 0.3 is 0 Å². The zero-order valence-electron chi connectivity index (χ0n) is 9.28. The molecule has 0 spiro atoms. The lowest BCUT2D eigenvalue weighted by molar-refractivity contribution is -0.104. The van der Waals surface area contributed by atoms with Gasteiger partial charge in [-0.3, -0.25) is 4.79 Å². The van der Waals surface area contributed by atoms with E-state index in [4.69, 9.17) is 0 Å². The molecule has 0 saturated carbocycles. The lowest BCUT2D eigenvalue weighted by Gasteiger charge is -2.00. The van der Waals surface area contributed by atoms with Gasteiger partial charge in [0.25, 0.3) is 0 Å². The highest BCUT2D eigenvalue weighted by Crippen LogP contribution is 2.09. The van der Waals surface area contributed by atoms with E-state index in [-0.39, 0.29) is 0 Å². The molecule has 1 rings (SSSR count). The highest BCUT2D eigenvalue weighted by molar-refractivity contribution is 5.73. The number of benzene rings is 1. The van der Waals surface area contributed by atoms with E-state index in [0.717, 1.165) is 18.3 Å². The maximum atomic E-state index is 10.1. The van der Waals surface area contributed by atoms with Gasteiger partial charge in [-0.2, -0.15) is 0 Å². The second-order valence-electron chi connectivity index (χ2n) is 3.69. The van der Waals surface area contributed by atoms with Crippen molar-refractivity contribution in [1.29, 1.82) is 0 Å². The number of carbonyl (C=O) groups excluding carboxylic acids is 1. The topological polar surface area (TPSA) is 17.1 Å². The minimum Gasteiger partial charge on any atom is -0.299 e. The Morgan fingerprint density at radius 2 is 1.87 bits per heavy atom. The minimum absolute atomic E-state index is 0.801. The molecule has 0 aliphatic carbocycles. The summed E-state index contributed by atoms with van der Waals surface area (Å²) in [5.41, 5.74) is 2.47. The molecule has 15 heavy (non-hydrogen) atoms. The van der Waals surface area contributed by atoms with Crippen LogP contribution in [0.2, 0.25) is 0 Å². The SMILES string of the molecule is CCCCCc1ccc(C=CC=O)cc1. The molecule has 0 unspecified atom stereocenters. The summed E-state index contributed by atoms with van der Waals surface area (Å²) in [5, 5.41) is 0. The van der Waals surface area contributed by atoms with Crippen LogP contribution in [0.4, 0.5) is 0 Å². The van der Waals surface area contributed by atoms with Crippen molar-refractivity contribution in [2.45, 2.75) is 32.6 Å². The Kier molecular flexibility index (Phi) is 5.46. The third-order valence-electron chi connectivity index (χ3n) is 2.42. The average Bonchev–Trinajstić information content (AvgIpc) is 2.28. The van der Waals surface area contributed by atoms with Crippen molar-refractivity contribution in [2.24, 2.45) is 0 Å². The summed E-state index contributed by atoms with van der Waals surface area (Å²) in [6, 6.07) is 8.39. The van der Waals surface area contributed by atoms with Crippen LogP contribution in [0.1, 0.15) is 37.3 Å². The summed E-state index contributed by atoms with van der Waals surface area (Å²) >= 11 is 0. The van der Waals surface area contributed by atoms with E-state index >= 15 is 0 Å². The molecule has 0 bridgehead atoms.